The van der Waals surface area contributed by atoms with Gasteiger partial charge in [0.1, 0.15) is 5.60 Å². The molecule has 184 valence electrons. The fraction of sp³-hybridized carbons (Fsp3) is 0.905. The minimum Gasteiger partial charge on any atom is -0.460 e. The van der Waals surface area contributed by atoms with Crippen LogP contribution in [0.1, 0.15) is 71.6 Å². The Labute approximate surface area is 186 Å². The Hall–Kier alpha value is -1.33. The molecule has 0 aromatic carbocycles. The lowest BCUT2D eigenvalue weighted by atomic mass is 9.46. The zero-order valence-electron chi connectivity index (χ0n) is 18.4. The SMILES string of the molecule is CCC(C)C(=O)OC12CC3CC(C1)CC(C(O)CCCOC(=O)C(F)(F)S(=O)(=O)O)(C3)C2. The summed E-state index contributed by atoms with van der Waals surface area (Å²) in [5, 5.41) is 5.98. The lowest BCUT2D eigenvalue weighted by Crippen LogP contribution is -2.60. The van der Waals surface area contributed by atoms with E-state index in [-0.39, 0.29) is 24.7 Å². The molecule has 4 atom stereocenters. The smallest absolute Gasteiger partial charge is 0.460 e. The van der Waals surface area contributed by atoms with Crippen LogP contribution in [0.25, 0.3) is 0 Å². The van der Waals surface area contributed by atoms with Crippen molar-refractivity contribution in [2.24, 2.45) is 23.2 Å². The molecule has 0 aliphatic heterocycles. The van der Waals surface area contributed by atoms with Crippen LogP contribution in [0.15, 0.2) is 0 Å². The Morgan fingerprint density at radius 1 is 1.19 bits per heavy atom. The van der Waals surface area contributed by atoms with E-state index in [0.29, 0.717) is 24.7 Å². The summed E-state index contributed by atoms with van der Waals surface area (Å²) in [6.45, 7) is 3.24. The predicted octanol–water partition coefficient (Wildman–Crippen LogP) is 3.08. The Morgan fingerprint density at radius 3 is 2.31 bits per heavy atom. The first-order valence-electron chi connectivity index (χ1n) is 11.2. The average molecular weight is 483 g/mol. The van der Waals surface area contributed by atoms with Crippen molar-refractivity contribution >= 4 is 22.1 Å². The van der Waals surface area contributed by atoms with Crippen LogP contribution in [0.3, 0.4) is 0 Å². The third-order valence-corrected chi connectivity index (χ3v) is 8.32. The molecule has 4 aliphatic carbocycles. The van der Waals surface area contributed by atoms with Gasteiger partial charge in [0.15, 0.2) is 0 Å². The van der Waals surface area contributed by atoms with Crippen LogP contribution < -0.4 is 0 Å². The van der Waals surface area contributed by atoms with Gasteiger partial charge in [0.25, 0.3) is 0 Å². The third-order valence-electron chi connectivity index (χ3n) is 7.51. The number of halogens is 2. The quantitative estimate of drug-likeness (QED) is 0.276. The zero-order valence-corrected chi connectivity index (χ0v) is 19.2. The Bertz CT molecular complexity index is 829. The van der Waals surface area contributed by atoms with Gasteiger partial charge in [-0.3, -0.25) is 9.35 Å². The summed E-state index contributed by atoms with van der Waals surface area (Å²) >= 11 is 0. The maximum atomic E-state index is 13.2. The van der Waals surface area contributed by atoms with Gasteiger partial charge in [-0.25, -0.2) is 4.79 Å². The largest absolute Gasteiger partial charge is 0.465 e. The lowest BCUT2D eigenvalue weighted by molar-refractivity contribution is -0.221. The Kier molecular flexibility index (Phi) is 6.95. The van der Waals surface area contributed by atoms with Crippen LogP contribution in [-0.2, 0) is 29.2 Å². The van der Waals surface area contributed by atoms with Crippen molar-refractivity contribution in [2.45, 2.75) is 88.6 Å². The zero-order chi connectivity index (χ0) is 23.9. The van der Waals surface area contributed by atoms with E-state index in [1.165, 1.54) is 0 Å². The van der Waals surface area contributed by atoms with Gasteiger partial charge in [-0.15, -0.1) is 0 Å². The number of ether oxygens (including phenoxy) is 2. The summed E-state index contributed by atoms with van der Waals surface area (Å²) in [5.74, 6) is -2.06. The molecule has 4 fully saturated rings. The Morgan fingerprint density at radius 2 is 1.78 bits per heavy atom. The third kappa shape index (κ3) is 4.79. The molecule has 4 rings (SSSR count). The second-order valence-corrected chi connectivity index (χ2v) is 11.5. The molecule has 2 N–H and O–H groups in total. The minimum atomic E-state index is -5.91. The topological polar surface area (TPSA) is 127 Å². The van der Waals surface area contributed by atoms with Crippen LogP contribution >= 0.6 is 0 Å². The van der Waals surface area contributed by atoms with E-state index in [1.54, 1.807) is 0 Å². The van der Waals surface area contributed by atoms with Gasteiger partial charge in [0.05, 0.1) is 18.6 Å². The number of carbonyl (C=O) groups is 2. The summed E-state index contributed by atoms with van der Waals surface area (Å²) in [4.78, 5) is 23.8. The van der Waals surface area contributed by atoms with E-state index in [4.69, 9.17) is 9.29 Å². The van der Waals surface area contributed by atoms with Crippen molar-refractivity contribution in [1.82, 2.24) is 0 Å². The van der Waals surface area contributed by atoms with Gasteiger partial charge in [-0.2, -0.15) is 17.2 Å². The van der Waals surface area contributed by atoms with E-state index >= 15 is 0 Å². The van der Waals surface area contributed by atoms with Gasteiger partial charge in [-0.05, 0) is 69.6 Å². The van der Waals surface area contributed by atoms with Crippen molar-refractivity contribution in [3.63, 3.8) is 0 Å². The molecule has 0 saturated heterocycles. The second kappa shape index (κ2) is 8.79. The fourth-order valence-corrected chi connectivity index (χ4v) is 6.44. The van der Waals surface area contributed by atoms with Crippen molar-refractivity contribution < 1.29 is 45.9 Å². The number of hydrogen-bond acceptors (Lipinski definition) is 7. The van der Waals surface area contributed by atoms with Crippen LogP contribution in [0.5, 0.6) is 0 Å². The molecule has 0 amide bonds. The molecular formula is C21H32F2O8S. The van der Waals surface area contributed by atoms with Gasteiger partial charge in [0.2, 0.25) is 0 Å². The molecule has 32 heavy (non-hydrogen) atoms. The molecule has 4 bridgehead atoms. The number of aliphatic hydroxyl groups excluding tert-OH is 1. The van der Waals surface area contributed by atoms with Crippen LogP contribution in [0, 0.1) is 23.2 Å². The molecule has 11 heteroatoms. The van der Waals surface area contributed by atoms with E-state index < -0.39 is 45.1 Å². The highest BCUT2D eigenvalue weighted by atomic mass is 32.2. The molecule has 8 nitrogen and oxygen atoms in total. The van der Waals surface area contributed by atoms with Gasteiger partial charge < -0.3 is 14.6 Å². The molecule has 0 spiro atoms. The molecule has 0 aromatic rings. The highest BCUT2D eigenvalue weighted by Gasteiger charge is 2.61. The van der Waals surface area contributed by atoms with Crippen LogP contribution in [-0.4, -0.2) is 53.6 Å². The van der Waals surface area contributed by atoms with Crippen molar-refractivity contribution in [3.05, 3.63) is 0 Å². The van der Waals surface area contributed by atoms with E-state index in [1.807, 2.05) is 13.8 Å². The molecular weight excluding hydrogens is 450 g/mol. The van der Waals surface area contributed by atoms with E-state index in [2.05, 4.69) is 4.74 Å². The van der Waals surface area contributed by atoms with Crippen LogP contribution in [0.2, 0.25) is 0 Å². The summed E-state index contributed by atoms with van der Waals surface area (Å²) in [6.07, 6.45) is 4.88. The number of rotatable bonds is 10. The normalized spacial score (nSPS) is 33.6. The van der Waals surface area contributed by atoms with E-state index in [9.17, 15) is 31.9 Å². The van der Waals surface area contributed by atoms with Crippen molar-refractivity contribution in [3.8, 4) is 0 Å². The highest BCUT2D eigenvalue weighted by Crippen LogP contribution is 2.64. The first kappa shape index (κ1) is 25.3. The molecule has 4 unspecified atom stereocenters. The number of carbonyl (C=O) groups excluding carboxylic acids is 2. The van der Waals surface area contributed by atoms with Gasteiger partial charge >= 0.3 is 27.3 Å². The molecule has 0 aromatic heterocycles. The first-order valence-corrected chi connectivity index (χ1v) is 12.6. The molecule has 4 saturated carbocycles. The maximum Gasteiger partial charge on any atom is 0.465 e. The Balaban J connectivity index is 1.59. The standard InChI is InChI=1S/C21H32F2O8S/c1-3-13(2)17(25)31-20-10-14-7-15(11-20)9-19(8-14,12-20)16(24)5-4-6-30-18(26)21(22,23)32(27,28)29/h13-16,24H,3-12H2,1-2H3,(H,27,28,29). The fourth-order valence-electron chi connectivity index (χ4n) is 6.18. The predicted molar refractivity (Wildman–Crippen MR) is 108 cm³/mol. The number of aliphatic hydroxyl groups is 1. The summed E-state index contributed by atoms with van der Waals surface area (Å²) in [5.41, 5.74) is -1.02. The van der Waals surface area contributed by atoms with Gasteiger partial charge in [-0.1, -0.05) is 13.8 Å². The monoisotopic (exact) mass is 482 g/mol. The summed E-state index contributed by atoms with van der Waals surface area (Å²) < 4.78 is 66.4. The van der Waals surface area contributed by atoms with Crippen molar-refractivity contribution in [2.75, 3.05) is 6.61 Å². The number of alkyl halides is 2. The maximum absolute atomic E-state index is 13.2. The lowest BCUT2D eigenvalue weighted by Gasteiger charge is -2.62. The molecule has 0 heterocycles. The molecule has 0 radical (unpaired) electrons. The average Bonchev–Trinajstić information content (AvgIpc) is 2.67. The van der Waals surface area contributed by atoms with Gasteiger partial charge in [0, 0.05) is 5.41 Å². The molecule has 4 aliphatic rings. The number of esters is 2. The van der Waals surface area contributed by atoms with Crippen LogP contribution in [0.4, 0.5) is 8.78 Å². The first-order chi connectivity index (χ1) is 14.7. The number of hydrogen-bond donors (Lipinski definition) is 2. The summed E-state index contributed by atoms with van der Waals surface area (Å²) in [7, 11) is -5.91. The highest BCUT2D eigenvalue weighted by molar-refractivity contribution is 7.87. The summed E-state index contributed by atoms with van der Waals surface area (Å²) in [6, 6.07) is 0. The second-order valence-electron chi connectivity index (χ2n) is 10.0. The minimum absolute atomic E-state index is 0.0468. The van der Waals surface area contributed by atoms with E-state index in [0.717, 1.165) is 32.1 Å². The van der Waals surface area contributed by atoms with Crippen molar-refractivity contribution in [1.29, 1.82) is 0 Å².